The van der Waals surface area contributed by atoms with Crippen molar-refractivity contribution >= 4 is 46.4 Å². The van der Waals surface area contributed by atoms with Crippen molar-refractivity contribution in [1.82, 2.24) is 4.90 Å². The third kappa shape index (κ3) is 5.10. The SMILES string of the molecule is O=C(CN1C(=O)S/C(=C/c2ccc(OCc3ccccc3Cl)cc2)C1=O)c1ccccc1. The van der Waals surface area contributed by atoms with Gasteiger partial charge in [-0.2, -0.15) is 0 Å². The minimum atomic E-state index is -0.469. The molecule has 32 heavy (non-hydrogen) atoms. The zero-order valence-corrected chi connectivity index (χ0v) is 18.4. The van der Waals surface area contributed by atoms with Gasteiger partial charge in [0.15, 0.2) is 5.78 Å². The van der Waals surface area contributed by atoms with Crippen LogP contribution >= 0.6 is 23.4 Å². The highest BCUT2D eigenvalue weighted by molar-refractivity contribution is 8.18. The summed E-state index contributed by atoms with van der Waals surface area (Å²) in [4.78, 5) is 38.6. The van der Waals surface area contributed by atoms with Crippen LogP contribution in [0.5, 0.6) is 5.75 Å². The quantitative estimate of drug-likeness (QED) is 0.325. The predicted octanol–water partition coefficient (Wildman–Crippen LogP) is 5.84. The molecule has 1 heterocycles. The van der Waals surface area contributed by atoms with E-state index in [0.717, 1.165) is 27.8 Å². The summed E-state index contributed by atoms with van der Waals surface area (Å²) in [6, 6.07) is 23.2. The fraction of sp³-hybridized carbons (Fsp3) is 0.0800. The van der Waals surface area contributed by atoms with Crippen LogP contribution in [-0.2, 0) is 11.4 Å². The Bertz CT molecular complexity index is 1190. The minimum Gasteiger partial charge on any atom is -0.489 e. The molecule has 0 saturated carbocycles. The maximum atomic E-state index is 12.7. The van der Waals surface area contributed by atoms with Gasteiger partial charge in [0, 0.05) is 16.1 Å². The van der Waals surface area contributed by atoms with Gasteiger partial charge in [-0.15, -0.1) is 0 Å². The molecule has 3 aromatic rings. The number of Topliss-reactive ketones (excluding diaryl/α,β-unsaturated/α-hetero) is 1. The van der Waals surface area contributed by atoms with Crippen molar-refractivity contribution in [3.05, 3.63) is 105 Å². The average Bonchev–Trinajstić information content (AvgIpc) is 3.07. The van der Waals surface area contributed by atoms with Crippen LogP contribution < -0.4 is 4.74 Å². The lowest BCUT2D eigenvalue weighted by molar-refractivity contribution is -0.122. The molecule has 160 valence electrons. The lowest BCUT2D eigenvalue weighted by atomic mass is 10.1. The van der Waals surface area contributed by atoms with E-state index in [9.17, 15) is 14.4 Å². The number of rotatable bonds is 7. The van der Waals surface area contributed by atoms with Crippen LogP contribution in [-0.4, -0.2) is 28.4 Å². The van der Waals surface area contributed by atoms with Crippen molar-refractivity contribution in [2.75, 3.05) is 6.54 Å². The average molecular weight is 464 g/mol. The van der Waals surface area contributed by atoms with Gasteiger partial charge in [0.25, 0.3) is 11.1 Å². The number of amides is 2. The highest BCUT2D eigenvalue weighted by atomic mass is 35.5. The number of imide groups is 1. The molecular formula is C25H18ClNO4S. The van der Waals surface area contributed by atoms with Gasteiger partial charge < -0.3 is 4.74 Å². The Kier molecular flexibility index (Phi) is 6.73. The van der Waals surface area contributed by atoms with E-state index in [1.165, 1.54) is 0 Å². The standard InChI is InChI=1S/C25H18ClNO4S/c26-21-9-5-4-8-19(21)16-31-20-12-10-17(11-13-20)14-23-24(29)27(25(30)32-23)15-22(28)18-6-2-1-3-7-18/h1-14H,15-16H2/b23-14+. The number of benzene rings is 3. The van der Waals surface area contributed by atoms with Crippen LogP contribution in [0.3, 0.4) is 0 Å². The van der Waals surface area contributed by atoms with Crippen LogP contribution in [0.15, 0.2) is 83.8 Å². The molecule has 0 radical (unpaired) electrons. The first-order chi connectivity index (χ1) is 15.5. The summed E-state index contributed by atoms with van der Waals surface area (Å²) in [5.74, 6) is -0.0962. The van der Waals surface area contributed by atoms with E-state index in [-0.39, 0.29) is 17.2 Å². The number of thioether (sulfide) groups is 1. The fourth-order valence-electron chi connectivity index (χ4n) is 3.08. The number of ketones is 1. The minimum absolute atomic E-state index is 0.277. The predicted molar refractivity (Wildman–Crippen MR) is 126 cm³/mol. The van der Waals surface area contributed by atoms with Crippen molar-refractivity contribution in [3.63, 3.8) is 0 Å². The molecule has 0 unspecified atom stereocenters. The van der Waals surface area contributed by atoms with Gasteiger partial charge in [-0.3, -0.25) is 19.3 Å². The summed E-state index contributed by atoms with van der Waals surface area (Å²) in [5, 5.41) is 0.191. The molecule has 7 heteroatoms. The summed E-state index contributed by atoms with van der Waals surface area (Å²) in [7, 11) is 0. The first kappa shape index (κ1) is 21.9. The number of hydrogen-bond donors (Lipinski definition) is 0. The normalized spacial score (nSPS) is 14.8. The second-order valence-corrected chi connectivity index (χ2v) is 8.41. The number of halogens is 1. The maximum Gasteiger partial charge on any atom is 0.293 e. The van der Waals surface area contributed by atoms with Gasteiger partial charge in [0.05, 0.1) is 11.4 Å². The number of nitrogens with zero attached hydrogens (tertiary/aromatic N) is 1. The summed E-state index contributed by atoms with van der Waals surface area (Å²) >= 11 is 6.97. The van der Waals surface area contributed by atoms with E-state index >= 15 is 0 Å². The van der Waals surface area contributed by atoms with E-state index in [2.05, 4.69) is 0 Å². The lowest BCUT2D eigenvalue weighted by Gasteiger charge is -2.11. The van der Waals surface area contributed by atoms with Crippen molar-refractivity contribution in [2.24, 2.45) is 0 Å². The molecule has 5 nitrogen and oxygen atoms in total. The van der Waals surface area contributed by atoms with Crippen LogP contribution in [0, 0.1) is 0 Å². The molecule has 0 aliphatic carbocycles. The maximum absolute atomic E-state index is 12.7. The summed E-state index contributed by atoms with van der Waals surface area (Å²) in [6.07, 6.45) is 1.63. The van der Waals surface area contributed by atoms with Crippen molar-refractivity contribution in [1.29, 1.82) is 0 Å². The molecule has 0 atom stereocenters. The molecule has 1 saturated heterocycles. The molecule has 0 spiro atoms. The number of hydrogen-bond acceptors (Lipinski definition) is 5. The first-order valence-electron chi connectivity index (χ1n) is 9.81. The Morgan fingerprint density at radius 1 is 0.938 bits per heavy atom. The van der Waals surface area contributed by atoms with Gasteiger partial charge in [0.1, 0.15) is 12.4 Å². The molecule has 4 rings (SSSR count). The molecular weight excluding hydrogens is 446 g/mol. The van der Waals surface area contributed by atoms with Gasteiger partial charge in [-0.25, -0.2) is 0 Å². The second kappa shape index (κ2) is 9.85. The Balaban J connectivity index is 1.40. The third-order valence-corrected chi connectivity index (χ3v) is 6.08. The van der Waals surface area contributed by atoms with E-state index in [0.29, 0.717) is 22.9 Å². The lowest BCUT2D eigenvalue weighted by Crippen LogP contribution is -2.33. The Labute approximate surface area is 194 Å². The van der Waals surface area contributed by atoms with Crippen molar-refractivity contribution in [2.45, 2.75) is 6.61 Å². The van der Waals surface area contributed by atoms with E-state index in [4.69, 9.17) is 16.3 Å². The number of carbonyl (C=O) groups excluding carboxylic acids is 3. The molecule has 0 bridgehead atoms. The largest absolute Gasteiger partial charge is 0.489 e. The van der Waals surface area contributed by atoms with Crippen LogP contribution in [0.1, 0.15) is 21.5 Å². The zero-order valence-electron chi connectivity index (χ0n) is 16.9. The molecule has 2 amide bonds. The van der Waals surface area contributed by atoms with Crippen LogP contribution in [0.2, 0.25) is 5.02 Å². The highest BCUT2D eigenvalue weighted by Crippen LogP contribution is 2.32. The van der Waals surface area contributed by atoms with E-state index < -0.39 is 11.1 Å². The van der Waals surface area contributed by atoms with E-state index in [1.54, 1.807) is 60.7 Å². The first-order valence-corrected chi connectivity index (χ1v) is 11.0. The molecule has 1 fully saturated rings. The van der Waals surface area contributed by atoms with Gasteiger partial charge in [-0.1, -0.05) is 72.3 Å². The Hall–Kier alpha value is -3.35. The molecule has 1 aliphatic heterocycles. The Morgan fingerprint density at radius 3 is 2.34 bits per heavy atom. The third-order valence-electron chi connectivity index (χ3n) is 4.80. The van der Waals surface area contributed by atoms with Gasteiger partial charge >= 0.3 is 0 Å². The second-order valence-electron chi connectivity index (χ2n) is 7.01. The molecule has 3 aromatic carbocycles. The molecule has 0 aromatic heterocycles. The zero-order chi connectivity index (χ0) is 22.5. The smallest absolute Gasteiger partial charge is 0.293 e. The highest BCUT2D eigenvalue weighted by Gasteiger charge is 2.36. The summed E-state index contributed by atoms with van der Waals surface area (Å²) in [6.45, 7) is 0.0637. The molecule has 1 aliphatic rings. The van der Waals surface area contributed by atoms with Crippen LogP contribution in [0.4, 0.5) is 4.79 Å². The van der Waals surface area contributed by atoms with Crippen LogP contribution in [0.25, 0.3) is 6.08 Å². The van der Waals surface area contributed by atoms with E-state index in [1.807, 2.05) is 24.3 Å². The monoisotopic (exact) mass is 463 g/mol. The fourth-order valence-corrected chi connectivity index (χ4v) is 4.11. The van der Waals surface area contributed by atoms with Crippen molar-refractivity contribution in [3.8, 4) is 5.75 Å². The summed E-state index contributed by atoms with van der Waals surface area (Å²) < 4.78 is 5.76. The topological polar surface area (TPSA) is 63.7 Å². The Morgan fingerprint density at radius 2 is 1.62 bits per heavy atom. The van der Waals surface area contributed by atoms with Crippen molar-refractivity contribution < 1.29 is 19.1 Å². The number of ether oxygens (including phenoxy) is 1. The molecule has 0 N–H and O–H groups in total. The summed E-state index contributed by atoms with van der Waals surface area (Å²) in [5.41, 5.74) is 2.09. The van der Waals surface area contributed by atoms with Gasteiger partial charge in [0.2, 0.25) is 0 Å². The van der Waals surface area contributed by atoms with Gasteiger partial charge in [-0.05, 0) is 41.6 Å². The number of carbonyl (C=O) groups is 3.